The Kier molecular flexibility index (Phi) is 15.5. The van der Waals surface area contributed by atoms with E-state index in [9.17, 15) is 24.6 Å². The number of aliphatic hydroxyl groups is 1. The van der Waals surface area contributed by atoms with Crippen LogP contribution in [0.4, 0.5) is 0 Å². The summed E-state index contributed by atoms with van der Waals surface area (Å²) in [5.74, 6) is -0.771. The number of amides is 2. The maximum atomic E-state index is 13.9. The van der Waals surface area contributed by atoms with E-state index in [1.165, 1.54) is 37.0 Å². The molecule has 1 aliphatic heterocycles. The Bertz CT molecular complexity index is 1850. The van der Waals surface area contributed by atoms with Crippen molar-refractivity contribution >= 4 is 29.1 Å². The Morgan fingerprint density at radius 3 is 2.16 bits per heavy atom. The van der Waals surface area contributed by atoms with Crippen LogP contribution in [-0.2, 0) is 21.4 Å². The first-order chi connectivity index (χ1) is 26.9. The summed E-state index contributed by atoms with van der Waals surface area (Å²) in [7, 11) is 0. The predicted octanol–water partition coefficient (Wildman–Crippen LogP) is 6.04. The molecule has 1 saturated heterocycles. The van der Waals surface area contributed by atoms with Crippen molar-refractivity contribution in [1.82, 2.24) is 30.8 Å². The number of carbonyl (C=O) groups excluding carboxylic acids is 2. The number of nitrogens with zero attached hydrogens (tertiary/aromatic N) is 3. The normalized spacial score (nSPS) is 15.1. The Balaban J connectivity index is 1.27. The third-order valence-corrected chi connectivity index (χ3v) is 11.3. The molecule has 12 nitrogen and oxygen atoms in total. The SMILES string of the molecule is CCCCCCCOc1ccc(-c2cnc(-c3ccc(C[C@H](NC(=O)c4ccc(C(C)(C)C)s4)C(=O)N[C@@H](CC(=O)O)C(O)N4CCNCC4)cc3)nc2)cc1. The van der Waals surface area contributed by atoms with Crippen LogP contribution in [0.3, 0.4) is 0 Å². The number of benzene rings is 2. The molecule has 2 aromatic heterocycles. The summed E-state index contributed by atoms with van der Waals surface area (Å²) >= 11 is 1.37. The molecule has 2 amide bonds. The van der Waals surface area contributed by atoms with Gasteiger partial charge in [0.05, 0.1) is 23.9 Å². The highest BCUT2D eigenvalue weighted by Crippen LogP contribution is 2.30. The van der Waals surface area contributed by atoms with E-state index < -0.39 is 42.5 Å². The first-order valence-electron chi connectivity index (χ1n) is 19.6. The molecule has 5 rings (SSSR count). The van der Waals surface area contributed by atoms with Crippen LogP contribution in [0.2, 0.25) is 0 Å². The topological polar surface area (TPSA) is 166 Å². The number of nitrogens with one attached hydrogen (secondary N) is 3. The number of unbranched alkanes of at least 4 members (excludes halogenated alkanes) is 4. The summed E-state index contributed by atoms with van der Waals surface area (Å²) in [5, 5.41) is 29.7. The van der Waals surface area contributed by atoms with Crippen molar-refractivity contribution in [2.24, 2.45) is 0 Å². The number of aliphatic hydroxyl groups excluding tert-OH is 1. The van der Waals surface area contributed by atoms with Crippen molar-refractivity contribution in [3.8, 4) is 28.3 Å². The molecule has 2 aromatic carbocycles. The maximum absolute atomic E-state index is 13.9. The Labute approximate surface area is 334 Å². The molecule has 1 aliphatic rings. The van der Waals surface area contributed by atoms with Gasteiger partial charge in [0.2, 0.25) is 5.91 Å². The van der Waals surface area contributed by atoms with E-state index in [1.54, 1.807) is 23.4 Å². The van der Waals surface area contributed by atoms with Crippen LogP contribution < -0.4 is 20.7 Å². The number of thiophene rings is 1. The first kappa shape index (κ1) is 42.5. The summed E-state index contributed by atoms with van der Waals surface area (Å²) in [5.41, 5.74) is 3.25. The van der Waals surface area contributed by atoms with Crippen molar-refractivity contribution in [3.63, 3.8) is 0 Å². The lowest BCUT2D eigenvalue weighted by atomic mass is 9.95. The molecular weight excluding hydrogens is 729 g/mol. The van der Waals surface area contributed by atoms with Gasteiger partial charge in [-0.25, -0.2) is 9.97 Å². The number of aliphatic carboxylic acids is 1. The van der Waals surface area contributed by atoms with Gasteiger partial charge in [0.15, 0.2) is 5.82 Å². The summed E-state index contributed by atoms with van der Waals surface area (Å²) < 4.78 is 5.91. The van der Waals surface area contributed by atoms with Crippen LogP contribution in [0, 0.1) is 0 Å². The highest BCUT2D eigenvalue weighted by Gasteiger charge is 2.33. The Hall–Kier alpha value is -4.69. The average Bonchev–Trinajstić information content (AvgIpc) is 3.71. The monoisotopic (exact) mass is 784 g/mol. The summed E-state index contributed by atoms with van der Waals surface area (Å²) in [6, 6.07) is 16.9. The average molecular weight is 785 g/mol. The van der Waals surface area contributed by atoms with E-state index in [2.05, 4.69) is 53.6 Å². The molecule has 3 atom stereocenters. The molecule has 56 heavy (non-hydrogen) atoms. The van der Waals surface area contributed by atoms with Gasteiger partial charge in [-0.2, -0.15) is 0 Å². The zero-order valence-electron chi connectivity index (χ0n) is 32.9. The molecule has 4 aromatic rings. The lowest BCUT2D eigenvalue weighted by Crippen LogP contribution is -2.59. The highest BCUT2D eigenvalue weighted by molar-refractivity contribution is 7.14. The van der Waals surface area contributed by atoms with Crippen molar-refractivity contribution in [1.29, 1.82) is 0 Å². The van der Waals surface area contributed by atoms with Gasteiger partial charge in [-0.15, -0.1) is 11.3 Å². The molecule has 0 spiro atoms. The van der Waals surface area contributed by atoms with Crippen molar-refractivity contribution < 1.29 is 29.3 Å². The fourth-order valence-corrected chi connectivity index (χ4v) is 7.46. The van der Waals surface area contributed by atoms with Gasteiger partial charge in [-0.1, -0.05) is 89.8 Å². The second-order valence-electron chi connectivity index (χ2n) is 15.3. The molecule has 0 radical (unpaired) electrons. The minimum atomic E-state index is -1.21. The number of carbonyl (C=O) groups is 3. The van der Waals surface area contributed by atoms with Gasteiger partial charge in [-0.05, 0) is 47.2 Å². The summed E-state index contributed by atoms with van der Waals surface area (Å²) in [4.78, 5) is 51.7. The summed E-state index contributed by atoms with van der Waals surface area (Å²) in [6.45, 7) is 11.4. The van der Waals surface area contributed by atoms with Crippen molar-refractivity contribution in [2.75, 3.05) is 32.8 Å². The number of carboxylic acid groups (broad SMARTS) is 1. The molecule has 1 unspecified atom stereocenters. The van der Waals surface area contributed by atoms with Crippen molar-refractivity contribution in [2.45, 2.75) is 96.4 Å². The van der Waals surface area contributed by atoms with Crippen LogP contribution >= 0.6 is 11.3 Å². The fraction of sp³-hybridized carbons (Fsp3) is 0.465. The molecule has 1 fully saturated rings. The molecular formula is C43H56N6O6S. The third kappa shape index (κ3) is 12.4. The van der Waals surface area contributed by atoms with Crippen LogP contribution in [0.15, 0.2) is 73.1 Å². The smallest absolute Gasteiger partial charge is 0.305 e. The summed E-state index contributed by atoms with van der Waals surface area (Å²) in [6.07, 6.45) is 7.97. The van der Waals surface area contributed by atoms with E-state index in [4.69, 9.17) is 4.74 Å². The van der Waals surface area contributed by atoms with Crippen LogP contribution in [-0.4, -0.2) is 94.0 Å². The standard InChI is InChI=1S/C43H56N6O6S/c1-5-6-7-8-9-24-55-33-16-14-30(15-17-33)32-27-45-39(46-28-32)31-12-10-29(11-13-31)25-34(47-41(53)36-18-19-37(56-36)43(2,3)4)40(52)48-35(26-38(50)51)42(54)49-22-20-44-21-23-49/h10-19,27-28,34-35,42,44,54H,5-9,20-26H2,1-4H3,(H,47,53)(H,48,52)(H,50,51)/t34-,35-,42?/m0/s1. The van der Waals surface area contributed by atoms with E-state index >= 15 is 0 Å². The van der Waals surface area contributed by atoms with Crippen LogP contribution in [0.25, 0.3) is 22.5 Å². The highest BCUT2D eigenvalue weighted by atomic mass is 32.1. The lowest BCUT2D eigenvalue weighted by Gasteiger charge is -2.36. The number of carboxylic acids is 1. The number of aromatic nitrogens is 2. The molecule has 0 saturated carbocycles. The first-order valence-corrected chi connectivity index (χ1v) is 20.4. The van der Waals surface area contributed by atoms with Crippen LogP contribution in [0.1, 0.15) is 86.3 Å². The van der Waals surface area contributed by atoms with Gasteiger partial charge < -0.3 is 30.9 Å². The molecule has 3 heterocycles. The van der Waals surface area contributed by atoms with E-state index in [-0.39, 0.29) is 11.8 Å². The third-order valence-electron chi connectivity index (χ3n) is 9.81. The maximum Gasteiger partial charge on any atom is 0.305 e. The van der Waals surface area contributed by atoms with Gasteiger partial charge in [0.25, 0.3) is 5.91 Å². The molecule has 300 valence electrons. The largest absolute Gasteiger partial charge is 0.494 e. The van der Waals surface area contributed by atoms with Crippen molar-refractivity contribution in [3.05, 3.63) is 88.4 Å². The quantitative estimate of drug-likeness (QED) is 0.0708. The number of rotatable bonds is 19. The van der Waals surface area contributed by atoms with Gasteiger partial charge in [-0.3, -0.25) is 19.3 Å². The molecule has 0 aliphatic carbocycles. The van der Waals surface area contributed by atoms with Crippen LogP contribution in [0.5, 0.6) is 5.75 Å². The van der Waals surface area contributed by atoms with E-state index in [1.807, 2.05) is 54.6 Å². The number of hydrogen-bond donors (Lipinski definition) is 5. The van der Waals surface area contributed by atoms with Gasteiger partial charge in [0.1, 0.15) is 18.0 Å². The van der Waals surface area contributed by atoms with E-state index in [0.29, 0.717) is 43.5 Å². The number of hydrogen-bond acceptors (Lipinski definition) is 10. The van der Waals surface area contributed by atoms with Gasteiger partial charge in [0, 0.05) is 61.0 Å². The minimum Gasteiger partial charge on any atom is -0.494 e. The Morgan fingerprint density at radius 1 is 0.875 bits per heavy atom. The van der Waals surface area contributed by atoms with E-state index in [0.717, 1.165) is 39.3 Å². The zero-order chi connectivity index (χ0) is 40.1. The molecule has 13 heteroatoms. The second kappa shape index (κ2) is 20.5. The molecule has 5 N–H and O–H groups in total. The number of piperazine rings is 1. The zero-order valence-corrected chi connectivity index (χ0v) is 33.7. The fourth-order valence-electron chi connectivity index (χ4n) is 6.50. The second-order valence-corrected chi connectivity index (χ2v) is 16.4. The van der Waals surface area contributed by atoms with Gasteiger partial charge >= 0.3 is 5.97 Å². The predicted molar refractivity (Wildman–Crippen MR) is 220 cm³/mol. The Morgan fingerprint density at radius 2 is 1.54 bits per heavy atom. The molecule has 0 bridgehead atoms. The number of ether oxygens (including phenoxy) is 1. The minimum absolute atomic E-state index is 0.122. The lowest BCUT2D eigenvalue weighted by molar-refractivity contribution is -0.140.